The van der Waals surface area contributed by atoms with Gasteiger partial charge in [-0.05, 0) is 51.9 Å². The molecule has 0 aliphatic heterocycles. The molecule has 24 heavy (non-hydrogen) atoms. The normalized spacial score (nSPS) is 39.4. The van der Waals surface area contributed by atoms with Crippen LogP contribution in [0, 0.1) is 17.3 Å². The molecule has 0 aromatic carbocycles. The lowest BCUT2D eigenvalue weighted by atomic mass is 9.48. The summed E-state index contributed by atoms with van der Waals surface area (Å²) >= 11 is 0. The molecule has 1 N–H and O–H groups in total. The van der Waals surface area contributed by atoms with Gasteiger partial charge in [-0.2, -0.15) is 0 Å². The van der Waals surface area contributed by atoms with Crippen LogP contribution in [0.4, 0.5) is 0 Å². The first kappa shape index (κ1) is 17.2. The molecule has 5 atom stereocenters. The topological polar surface area (TPSA) is 72.8 Å². The zero-order valence-electron chi connectivity index (χ0n) is 14.5. The van der Waals surface area contributed by atoms with Crippen molar-refractivity contribution in [3.63, 3.8) is 0 Å². The largest absolute Gasteiger partial charge is 0.455 e. The fourth-order valence-electron chi connectivity index (χ4n) is 5.08. The second-order valence-electron chi connectivity index (χ2n) is 7.85. The highest BCUT2D eigenvalue weighted by Gasteiger charge is 2.74. The van der Waals surface area contributed by atoms with Crippen molar-refractivity contribution in [2.24, 2.45) is 17.3 Å². The first-order chi connectivity index (χ1) is 11.3. The van der Waals surface area contributed by atoms with E-state index in [1.54, 1.807) is 13.8 Å². The van der Waals surface area contributed by atoms with Gasteiger partial charge in [-0.1, -0.05) is 13.2 Å². The molecule has 0 aromatic heterocycles. The van der Waals surface area contributed by atoms with E-state index in [1.165, 1.54) is 0 Å². The van der Waals surface area contributed by atoms with Gasteiger partial charge in [0.2, 0.25) is 0 Å². The van der Waals surface area contributed by atoms with Crippen molar-refractivity contribution >= 4 is 11.9 Å². The van der Waals surface area contributed by atoms with Gasteiger partial charge in [0.15, 0.2) is 5.60 Å². The number of ether oxygens (including phenoxy) is 2. The van der Waals surface area contributed by atoms with Crippen LogP contribution < -0.4 is 0 Å². The number of carbonyl (C=O) groups excluding carboxylic acids is 2. The number of aliphatic hydroxyl groups is 1. The van der Waals surface area contributed by atoms with Gasteiger partial charge in [0.25, 0.3) is 0 Å². The van der Waals surface area contributed by atoms with Crippen molar-refractivity contribution in [1.82, 2.24) is 0 Å². The van der Waals surface area contributed by atoms with E-state index in [9.17, 15) is 14.7 Å². The molecule has 3 aliphatic rings. The minimum absolute atomic E-state index is 0.0649. The monoisotopic (exact) mass is 334 g/mol. The zero-order valence-corrected chi connectivity index (χ0v) is 14.5. The van der Waals surface area contributed by atoms with E-state index >= 15 is 0 Å². The fraction of sp³-hybridized carbons (Fsp3) is 0.684. The van der Waals surface area contributed by atoms with Gasteiger partial charge in [0.05, 0.1) is 6.61 Å². The Balaban J connectivity index is 1.97. The first-order valence-electron chi connectivity index (χ1n) is 8.62. The summed E-state index contributed by atoms with van der Waals surface area (Å²) in [5, 5.41) is 10.2. The highest BCUT2D eigenvalue weighted by molar-refractivity contribution is 5.88. The van der Waals surface area contributed by atoms with Gasteiger partial charge < -0.3 is 14.6 Å². The number of esters is 2. The molecule has 0 saturated heterocycles. The van der Waals surface area contributed by atoms with E-state index in [-0.39, 0.29) is 12.5 Å². The molecule has 0 heterocycles. The van der Waals surface area contributed by atoms with Crippen molar-refractivity contribution in [2.75, 3.05) is 6.61 Å². The van der Waals surface area contributed by atoms with Crippen molar-refractivity contribution in [3.8, 4) is 0 Å². The van der Waals surface area contributed by atoms with Crippen LogP contribution in [0.5, 0.6) is 0 Å². The van der Waals surface area contributed by atoms with Crippen LogP contribution in [0.1, 0.15) is 46.0 Å². The van der Waals surface area contributed by atoms with Crippen LogP contribution in [0.2, 0.25) is 0 Å². The zero-order chi connectivity index (χ0) is 17.7. The number of aliphatic hydroxyl groups excluding tert-OH is 1. The quantitative estimate of drug-likeness (QED) is 0.618. The average molecular weight is 334 g/mol. The molecule has 3 saturated carbocycles. The summed E-state index contributed by atoms with van der Waals surface area (Å²) < 4.78 is 11.6. The molecular formula is C19H26O5. The van der Waals surface area contributed by atoms with Crippen LogP contribution in [0.15, 0.2) is 24.3 Å². The third-order valence-corrected chi connectivity index (χ3v) is 6.25. The molecule has 5 nitrogen and oxygen atoms in total. The minimum atomic E-state index is -0.935. The third-order valence-electron chi connectivity index (χ3n) is 6.25. The molecule has 0 aromatic rings. The summed E-state index contributed by atoms with van der Waals surface area (Å²) in [7, 11) is 0. The molecular weight excluding hydrogens is 308 g/mol. The summed E-state index contributed by atoms with van der Waals surface area (Å²) in [5.41, 5.74) is -0.828. The van der Waals surface area contributed by atoms with Gasteiger partial charge >= 0.3 is 11.9 Å². The summed E-state index contributed by atoms with van der Waals surface area (Å²) in [6, 6.07) is 0. The molecule has 3 rings (SSSR count). The van der Waals surface area contributed by atoms with E-state index in [4.69, 9.17) is 9.47 Å². The van der Waals surface area contributed by atoms with Crippen LogP contribution in [-0.2, 0) is 19.1 Å². The number of rotatable bonds is 5. The van der Waals surface area contributed by atoms with E-state index in [0.29, 0.717) is 23.5 Å². The van der Waals surface area contributed by atoms with Crippen LogP contribution in [-0.4, -0.2) is 35.4 Å². The molecule has 0 amide bonds. The van der Waals surface area contributed by atoms with Crippen LogP contribution >= 0.6 is 0 Å². The van der Waals surface area contributed by atoms with Gasteiger partial charge in [0.1, 0.15) is 6.10 Å². The van der Waals surface area contributed by atoms with Gasteiger partial charge in [-0.15, -0.1) is 0 Å². The van der Waals surface area contributed by atoms with Crippen molar-refractivity contribution in [3.05, 3.63) is 24.3 Å². The second-order valence-corrected chi connectivity index (χ2v) is 7.85. The Labute approximate surface area is 142 Å². The van der Waals surface area contributed by atoms with Crippen molar-refractivity contribution < 1.29 is 24.2 Å². The Hall–Kier alpha value is -1.62. The van der Waals surface area contributed by atoms with Gasteiger partial charge in [-0.25, -0.2) is 9.59 Å². The average Bonchev–Trinajstić information content (AvgIpc) is 2.91. The van der Waals surface area contributed by atoms with E-state index < -0.39 is 29.1 Å². The van der Waals surface area contributed by atoms with E-state index in [1.807, 2.05) is 0 Å². The predicted octanol–water partition coefficient (Wildman–Crippen LogP) is 2.53. The number of hydrogen-bond donors (Lipinski definition) is 1. The van der Waals surface area contributed by atoms with Crippen LogP contribution in [0.25, 0.3) is 0 Å². The molecule has 0 radical (unpaired) electrons. The van der Waals surface area contributed by atoms with E-state index in [2.05, 4.69) is 13.2 Å². The van der Waals surface area contributed by atoms with Gasteiger partial charge in [-0.3, -0.25) is 0 Å². The maximum Gasteiger partial charge on any atom is 0.333 e. The lowest BCUT2D eigenvalue weighted by Crippen LogP contribution is -2.73. The summed E-state index contributed by atoms with van der Waals surface area (Å²) in [6.45, 7) is 10.4. The highest BCUT2D eigenvalue weighted by atomic mass is 16.6. The number of carbonyl (C=O) groups is 2. The SMILES string of the molecule is C=C(C)C(=O)OC1CC2CC3CCC(CO)(C3)C21OC(=O)C(=C)C. The van der Waals surface area contributed by atoms with Crippen LogP contribution in [0.3, 0.4) is 0 Å². The maximum absolute atomic E-state index is 12.3. The molecule has 3 fully saturated rings. The molecule has 2 bridgehead atoms. The molecule has 5 unspecified atom stereocenters. The summed E-state index contributed by atoms with van der Waals surface area (Å²) in [4.78, 5) is 24.4. The van der Waals surface area contributed by atoms with Crippen molar-refractivity contribution in [1.29, 1.82) is 0 Å². The third kappa shape index (κ3) is 2.25. The molecule has 132 valence electrons. The Kier molecular flexibility index (Phi) is 4.11. The Morgan fingerprint density at radius 3 is 2.42 bits per heavy atom. The maximum atomic E-state index is 12.3. The molecule has 3 aliphatic carbocycles. The Morgan fingerprint density at radius 2 is 1.83 bits per heavy atom. The summed E-state index contributed by atoms with van der Waals surface area (Å²) in [5.74, 6) is -0.277. The smallest absolute Gasteiger partial charge is 0.333 e. The minimum Gasteiger partial charge on any atom is -0.455 e. The highest BCUT2D eigenvalue weighted by Crippen LogP contribution is 2.68. The first-order valence-corrected chi connectivity index (χ1v) is 8.62. The van der Waals surface area contributed by atoms with Gasteiger partial charge in [0, 0.05) is 22.5 Å². The second kappa shape index (κ2) is 5.73. The lowest BCUT2D eigenvalue weighted by Gasteiger charge is -2.63. The predicted molar refractivity (Wildman–Crippen MR) is 87.9 cm³/mol. The Bertz CT molecular complexity index is 609. The van der Waals surface area contributed by atoms with Crippen molar-refractivity contribution in [2.45, 2.75) is 57.7 Å². The molecule has 5 heteroatoms. The number of hydrogen-bond acceptors (Lipinski definition) is 5. The molecule has 0 spiro atoms. The fourth-order valence-corrected chi connectivity index (χ4v) is 5.08. The Morgan fingerprint density at radius 1 is 1.17 bits per heavy atom. The lowest BCUT2D eigenvalue weighted by molar-refractivity contribution is -0.290. The van der Waals surface area contributed by atoms with E-state index in [0.717, 1.165) is 25.7 Å². The summed E-state index contributed by atoms with van der Waals surface area (Å²) in [6.07, 6.45) is 3.71. The number of fused-ring (bicyclic) bond motifs is 4. The standard InChI is InChI=1S/C19H26O5/c1-11(2)16(21)23-15-8-14-7-13-5-6-18(9-13,10-20)19(14,15)24-17(22)12(3)4/h13-15,20H,1,3,5-10H2,2,4H3.